The molecule has 2 N–H and O–H groups in total. The number of alkyl halides is 3. The van der Waals surface area contributed by atoms with Crippen molar-refractivity contribution >= 4 is 11.6 Å². The Hall–Kier alpha value is -2.36. The number of aliphatic hydroxyl groups excluding tert-OH is 1. The number of halogens is 3. The summed E-state index contributed by atoms with van der Waals surface area (Å²) in [5.41, 5.74) is -1.03. The van der Waals surface area contributed by atoms with Gasteiger partial charge in [-0.3, -0.25) is 14.9 Å². The lowest BCUT2D eigenvalue weighted by Crippen LogP contribution is -2.41. The van der Waals surface area contributed by atoms with Crippen molar-refractivity contribution in [2.75, 3.05) is 13.6 Å². The smallest absolute Gasteiger partial charge is 0.416 e. The lowest BCUT2D eigenvalue weighted by Gasteiger charge is -2.22. The summed E-state index contributed by atoms with van der Waals surface area (Å²) in [5.74, 6) is -1.63. The van der Waals surface area contributed by atoms with Gasteiger partial charge in [0.15, 0.2) is 11.9 Å². The molecule has 0 saturated carbocycles. The first-order valence-corrected chi connectivity index (χ1v) is 5.51. The number of phenolic OH excluding ortho intramolecular Hbond substituents is 1. The molecule has 21 heavy (non-hydrogen) atoms. The lowest BCUT2D eigenvalue weighted by atomic mass is 10.1. The second-order valence-electron chi connectivity index (χ2n) is 4.20. The average molecular weight is 308 g/mol. The van der Waals surface area contributed by atoms with Gasteiger partial charge in [-0.15, -0.1) is 0 Å². The maximum Gasteiger partial charge on any atom is 0.416 e. The van der Waals surface area contributed by atoms with E-state index in [1.807, 2.05) is 0 Å². The number of nitro benzene ring substituents is 1. The summed E-state index contributed by atoms with van der Waals surface area (Å²) in [6, 6.07) is 2.66. The Labute approximate surface area is 116 Å². The fraction of sp³-hybridized carbons (Fsp3) is 0.364. The third kappa shape index (κ3) is 4.05. The Kier molecular flexibility index (Phi) is 4.73. The predicted octanol–water partition coefficient (Wildman–Crippen LogP) is 1.30. The Morgan fingerprint density at radius 2 is 2.05 bits per heavy atom. The summed E-state index contributed by atoms with van der Waals surface area (Å²) in [7, 11) is 1.01. The first-order valence-electron chi connectivity index (χ1n) is 5.51. The monoisotopic (exact) mass is 308 g/mol. The van der Waals surface area contributed by atoms with E-state index in [0.717, 1.165) is 25.2 Å². The van der Waals surface area contributed by atoms with E-state index in [1.54, 1.807) is 0 Å². The van der Waals surface area contributed by atoms with Crippen LogP contribution in [0.1, 0.15) is 10.4 Å². The first kappa shape index (κ1) is 16.7. The summed E-state index contributed by atoms with van der Waals surface area (Å²) < 4.78 is 36.6. The fourth-order valence-corrected chi connectivity index (χ4v) is 1.47. The number of hydrogen-bond donors (Lipinski definition) is 2. The molecule has 0 fully saturated rings. The van der Waals surface area contributed by atoms with E-state index in [9.17, 15) is 33.2 Å². The van der Waals surface area contributed by atoms with Gasteiger partial charge in [-0.25, -0.2) is 0 Å². The number of carbonyl (C=O) groups excluding carboxylic acids is 1. The summed E-state index contributed by atoms with van der Waals surface area (Å²) in [5, 5.41) is 28.7. The zero-order valence-electron chi connectivity index (χ0n) is 10.7. The molecule has 0 aromatic heterocycles. The predicted molar refractivity (Wildman–Crippen MR) is 63.8 cm³/mol. The van der Waals surface area contributed by atoms with Gasteiger partial charge in [0.1, 0.15) is 0 Å². The molecular formula is C11H11F3N2O5. The van der Waals surface area contributed by atoms with Gasteiger partial charge >= 0.3 is 11.9 Å². The summed E-state index contributed by atoms with van der Waals surface area (Å²) in [4.78, 5) is 22.1. The average Bonchev–Trinajstić information content (AvgIpc) is 2.36. The SMILES string of the molecule is CN(C[C@@H](O)C(F)(F)F)C(=O)c1ccc(O)c([N+](=O)[O-])c1. The highest BCUT2D eigenvalue weighted by atomic mass is 19.4. The van der Waals surface area contributed by atoms with Crippen molar-refractivity contribution < 1.29 is 33.1 Å². The Morgan fingerprint density at radius 1 is 1.48 bits per heavy atom. The van der Waals surface area contributed by atoms with Crippen molar-refractivity contribution in [3.8, 4) is 5.75 Å². The minimum atomic E-state index is -4.88. The van der Waals surface area contributed by atoms with Crippen molar-refractivity contribution in [3.05, 3.63) is 33.9 Å². The van der Waals surface area contributed by atoms with Crippen LogP contribution in [0.5, 0.6) is 5.75 Å². The van der Waals surface area contributed by atoms with E-state index in [2.05, 4.69) is 0 Å². The Bertz CT molecular complexity index is 561. The van der Waals surface area contributed by atoms with Crippen LogP contribution in [0, 0.1) is 10.1 Å². The van der Waals surface area contributed by atoms with Crippen LogP contribution in [0.15, 0.2) is 18.2 Å². The first-order chi connectivity index (χ1) is 9.54. The number of phenols is 1. The number of rotatable bonds is 4. The van der Waals surface area contributed by atoms with Gasteiger partial charge in [0, 0.05) is 18.7 Å². The number of nitro groups is 1. The molecule has 10 heteroatoms. The van der Waals surface area contributed by atoms with Crippen LogP contribution in [-0.2, 0) is 0 Å². The fourth-order valence-electron chi connectivity index (χ4n) is 1.47. The van der Waals surface area contributed by atoms with Gasteiger partial charge < -0.3 is 15.1 Å². The summed E-state index contributed by atoms with van der Waals surface area (Å²) >= 11 is 0. The molecule has 116 valence electrons. The lowest BCUT2D eigenvalue weighted by molar-refractivity contribution is -0.385. The molecule has 1 rings (SSSR count). The number of likely N-dealkylation sites (N-methyl/N-ethyl adjacent to an activating group) is 1. The maximum absolute atomic E-state index is 12.2. The zero-order valence-corrected chi connectivity index (χ0v) is 10.7. The van der Waals surface area contributed by atoms with Gasteiger partial charge in [-0.2, -0.15) is 13.2 Å². The van der Waals surface area contributed by atoms with Gasteiger partial charge in [-0.1, -0.05) is 0 Å². The second kappa shape index (κ2) is 5.95. The van der Waals surface area contributed by atoms with E-state index in [-0.39, 0.29) is 5.56 Å². The Balaban J connectivity index is 2.93. The van der Waals surface area contributed by atoms with Crippen LogP contribution in [0.25, 0.3) is 0 Å². The molecule has 1 amide bonds. The summed E-state index contributed by atoms with van der Waals surface area (Å²) in [6.07, 6.45) is -7.60. The zero-order chi connectivity index (χ0) is 16.4. The number of nitrogens with zero attached hydrogens (tertiary/aromatic N) is 2. The normalized spacial score (nSPS) is 12.8. The minimum Gasteiger partial charge on any atom is -0.502 e. The molecule has 0 unspecified atom stereocenters. The largest absolute Gasteiger partial charge is 0.502 e. The molecule has 0 aliphatic heterocycles. The number of aromatic hydroxyl groups is 1. The van der Waals surface area contributed by atoms with E-state index in [4.69, 9.17) is 5.11 Å². The number of hydrogen-bond acceptors (Lipinski definition) is 5. The van der Waals surface area contributed by atoms with E-state index >= 15 is 0 Å². The van der Waals surface area contributed by atoms with Gasteiger partial charge in [0.25, 0.3) is 5.91 Å². The molecule has 0 radical (unpaired) electrons. The molecule has 7 nitrogen and oxygen atoms in total. The number of carbonyl (C=O) groups is 1. The summed E-state index contributed by atoms with van der Waals surface area (Å²) in [6.45, 7) is -1.02. The highest BCUT2D eigenvalue weighted by Crippen LogP contribution is 2.27. The van der Waals surface area contributed by atoms with E-state index in [0.29, 0.717) is 4.90 Å². The van der Waals surface area contributed by atoms with Crippen LogP contribution in [-0.4, -0.2) is 51.8 Å². The number of aliphatic hydroxyl groups is 1. The van der Waals surface area contributed by atoms with Crippen molar-refractivity contribution in [1.82, 2.24) is 4.90 Å². The van der Waals surface area contributed by atoms with Crippen molar-refractivity contribution in [2.24, 2.45) is 0 Å². The number of amides is 1. The van der Waals surface area contributed by atoms with Gasteiger partial charge in [0.2, 0.25) is 0 Å². The minimum absolute atomic E-state index is 0.281. The van der Waals surface area contributed by atoms with Crippen LogP contribution < -0.4 is 0 Å². The van der Waals surface area contributed by atoms with Crippen molar-refractivity contribution in [3.63, 3.8) is 0 Å². The standard InChI is InChI=1S/C11H11F3N2O5/c1-15(5-9(18)11(12,13)14)10(19)6-2-3-8(17)7(4-6)16(20)21/h2-4,9,17-18H,5H2,1H3/t9-/m1/s1. The second-order valence-corrected chi connectivity index (χ2v) is 4.20. The molecule has 0 heterocycles. The van der Waals surface area contributed by atoms with E-state index in [1.165, 1.54) is 0 Å². The quantitative estimate of drug-likeness (QED) is 0.644. The van der Waals surface area contributed by atoms with Gasteiger partial charge in [0.05, 0.1) is 11.5 Å². The molecule has 1 atom stereocenters. The third-order valence-electron chi connectivity index (χ3n) is 2.59. The highest BCUT2D eigenvalue weighted by Gasteiger charge is 2.39. The van der Waals surface area contributed by atoms with Gasteiger partial charge in [-0.05, 0) is 12.1 Å². The topological polar surface area (TPSA) is 104 Å². The molecule has 1 aromatic rings. The van der Waals surface area contributed by atoms with Crippen LogP contribution in [0.2, 0.25) is 0 Å². The number of benzene rings is 1. The van der Waals surface area contributed by atoms with E-state index < -0.39 is 41.1 Å². The van der Waals surface area contributed by atoms with Crippen molar-refractivity contribution in [2.45, 2.75) is 12.3 Å². The molecule has 0 aliphatic rings. The van der Waals surface area contributed by atoms with Crippen LogP contribution in [0.3, 0.4) is 0 Å². The molecule has 0 spiro atoms. The third-order valence-corrected chi connectivity index (χ3v) is 2.59. The highest BCUT2D eigenvalue weighted by molar-refractivity contribution is 5.95. The molecule has 0 bridgehead atoms. The van der Waals surface area contributed by atoms with Crippen LogP contribution in [0.4, 0.5) is 18.9 Å². The maximum atomic E-state index is 12.2. The molecular weight excluding hydrogens is 297 g/mol. The molecule has 0 saturated heterocycles. The van der Waals surface area contributed by atoms with Crippen LogP contribution >= 0.6 is 0 Å². The molecule has 0 aliphatic carbocycles. The van der Waals surface area contributed by atoms with Crippen molar-refractivity contribution in [1.29, 1.82) is 0 Å². The molecule has 1 aromatic carbocycles. The Morgan fingerprint density at radius 3 is 2.52 bits per heavy atom.